The summed E-state index contributed by atoms with van der Waals surface area (Å²) in [7, 11) is 0. The van der Waals surface area contributed by atoms with Crippen LogP contribution in [0.15, 0.2) is 16.8 Å². The van der Waals surface area contributed by atoms with E-state index in [1.807, 2.05) is 0 Å². The van der Waals surface area contributed by atoms with Crippen LogP contribution < -0.4 is 5.32 Å². The van der Waals surface area contributed by atoms with E-state index in [4.69, 9.17) is 0 Å². The normalized spacial score (nSPS) is 14.9. The average molecular weight is 239 g/mol. The van der Waals surface area contributed by atoms with Crippen LogP contribution in [-0.4, -0.2) is 13.1 Å². The minimum absolute atomic E-state index is 0.465. The van der Waals surface area contributed by atoms with Gasteiger partial charge in [-0.2, -0.15) is 11.3 Å². The second-order valence-corrected chi connectivity index (χ2v) is 5.75. The van der Waals surface area contributed by atoms with Crippen molar-refractivity contribution in [1.82, 2.24) is 5.32 Å². The number of nitrogens with one attached hydrogen (secondary N) is 1. The van der Waals surface area contributed by atoms with Gasteiger partial charge < -0.3 is 5.32 Å². The van der Waals surface area contributed by atoms with Crippen molar-refractivity contribution in [3.05, 3.63) is 22.4 Å². The van der Waals surface area contributed by atoms with E-state index in [2.05, 4.69) is 42.9 Å². The van der Waals surface area contributed by atoms with Gasteiger partial charge in [-0.05, 0) is 53.6 Å². The van der Waals surface area contributed by atoms with Crippen molar-refractivity contribution in [3.8, 4) is 0 Å². The van der Waals surface area contributed by atoms with E-state index in [9.17, 15) is 0 Å². The summed E-state index contributed by atoms with van der Waals surface area (Å²) < 4.78 is 0. The van der Waals surface area contributed by atoms with E-state index in [1.54, 1.807) is 11.3 Å². The molecule has 1 rings (SSSR count). The Morgan fingerprint density at radius 3 is 2.69 bits per heavy atom. The van der Waals surface area contributed by atoms with E-state index in [0.29, 0.717) is 5.41 Å². The molecule has 0 fully saturated rings. The fourth-order valence-corrected chi connectivity index (χ4v) is 2.92. The van der Waals surface area contributed by atoms with E-state index in [0.717, 1.165) is 13.1 Å². The molecule has 0 radical (unpaired) electrons. The zero-order chi connectivity index (χ0) is 11.9. The third kappa shape index (κ3) is 4.67. The lowest BCUT2D eigenvalue weighted by atomic mass is 9.80. The van der Waals surface area contributed by atoms with Gasteiger partial charge in [-0.25, -0.2) is 0 Å². The summed E-state index contributed by atoms with van der Waals surface area (Å²) in [4.78, 5) is 0. The molecule has 0 aliphatic carbocycles. The van der Waals surface area contributed by atoms with Crippen molar-refractivity contribution in [2.75, 3.05) is 13.1 Å². The van der Waals surface area contributed by atoms with E-state index < -0.39 is 0 Å². The van der Waals surface area contributed by atoms with Crippen LogP contribution in [0.2, 0.25) is 0 Å². The summed E-state index contributed by atoms with van der Waals surface area (Å²) >= 11 is 1.81. The monoisotopic (exact) mass is 239 g/mol. The first-order valence-electron chi connectivity index (χ1n) is 6.42. The molecule has 0 bridgehead atoms. The van der Waals surface area contributed by atoms with Crippen molar-refractivity contribution >= 4 is 11.3 Å². The predicted octanol–water partition coefficient (Wildman–Crippen LogP) is 4.10. The van der Waals surface area contributed by atoms with Crippen LogP contribution in [0.5, 0.6) is 0 Å². The van der Waals surface area contributed by atoms with Crippen LogP contribution in [0.4, 0.5) is 0 Å². The largest absolute Gasteiger partial charge is 0.316 e. The average Bonchev–Trinajstić information content (AvgIpc) is 2.77. The molecule has 0 saturated heterocycles. The number of hydrogen-bond acceptors (Lipinski definition) is 2. The molecule has 1 N–H and O–H groups in total. The van der Waals surface area contributed by atoms with Crippen molar-refractivity contribution in [3.63, 3.8) is 0 Å². The van der Waals surface area contributed by atoms with E-state index >= 15 is 0 Å². The zero-order valence-electron chi connectivity index (χ0n) is 10.9. The SMILES string of the molecule is CCCC(C)(CCc1ccsc1)CNCC. The lowest BCUT2D eigenvalue weighted by Crippen LogP contribution is -2.32. The molecule has 1 aromatic heterocycles. The molecule has 1 nitrogen and oxygen atoms in total. The van der Waals surface area contributed by atoms with Gasteiger partial charge >= 0.3 is 0 Å². The zero-order valence-corrected chi connectivity index (χ0v) is 11.7. The molecule has 1 aromatic rings. The molecule has 1 atom stereocenters. The van der Waals surface area contributed by atoms with Crippen molar-refractivity contribution in [2.24, 2.45) is 5.41 Å². The smallest absolute Gasteiger partial charge is 0.000516 e. The molecule has 92 valence electrons. The molecule has 2 heteroatoms. The molecular weight excluding hydrogens is 214 g/mol. The van der Waals surface area contributed by atoms with Crippen LogP contribution in [0.25, 0.3) is 0 Å². The van der Waals surface area contributed by atoms with Crippen LogP contribution in [-0.2, 0) is 6.42 Å². The standard InChI is InChI=1S/C14H25NS/c1-4-8-14(3,12-15-5-2)9-6-13-7-10-16-11-13/h7,10-11,15H,4-6,8-9,12H2,1-3H3. The van der Waals surface area contributed by atoms with Gasteiger partial charge in [0.15, 0.2) is 0 Å². The Hall–Kier alpha value is -0.340. The predicted molar refractivity (Wildman–Crippen MR) is 74.2 cm³/mol. The summed E-state index contributed by atoms with van der Waals surface area (Å²) in [6.07, 6.45) is 5.13. The van der Waals surface area contributed by atoms with Gasteiger partial charge in [0.25, 0.3) is 0 Å². The van der Waals surface area contributed by atoms with Gasteiger partial charge in [0, 0.05) is 6.54 Å². The van der Waals surface area contributed by atoms with Gasteiger partial charge in [0.1, 0.15) is 0 Å². The summed E-state index contributed by atoms with van der Waals surface area (Å²) in [5, 5.41) is 7.96. The van der Waals surface area contributed by atoms with E-state index in [-0.39, 0.29) is 0 Å². The highest BCUT2D eigenvalue weighted by atomic mass is 32.1. The van der Waals surface area contributed by atoms with Gasteiger partial charge in [0.05, 0.1) is 0 Å². The maximum atomic E-state index is 3.51. The third-order valence-electron chi connectivity index (χ3n) is 3.25. The summed E-state index contributed by atoms with van der Waals surface area (Å²) in [5.74, 6) is 0. The minimum Gasteiger partial charge on any atom is -0.316 e. The molecule has 1 unspecified atom stereocenters. The highest BCUT2D eigenvalue weighted by Crippen LogP contribution is 2.29. The number of hydrogen-bond donors (Lipinski definition) is 1. The lowest BCUT2D eigenvalue weighted by molar-refractivity contribution is 0.258. The maximum Gasteiger partial charge on any atom is 0.000516 e. The molecule has 0 spiro atoms. The lowest BCUT2D eigenvalue weighted by Gasteiger charge is -2.29. The molecule has 0 saturated carbocycles. The highest BCUT2D eigenvalue weighted by molar-refractivity contribution is 7.07. The molecule has 16 heavy (non-hydrogen) atoms. The Kier molecular flexibility index (Phi) is 6.07. The summed E-state index contributed by atoms with van der Waals surface area (Å²) in [6, 6.07) is 2.25. The fourth-order valence-electron chi connectivity index (χ4n) is 2.21. The Morgan fingerprint density at radius 2 is 2.12 bits per heavy atom. The molecule has 0 aromatic carbocycles. The third-order valence-corrected chi connectivity index (χ3v) is 3.98. The van der Waals surface area contributed by atoms with Crippen LogP contribution >= 0.6 is 11.3 Å². The van der Waals surface area contributed by atoms with Gasteiger partial charge in [0.2, 0.25) is 0 Å². The minimum atomic E-state index is 0.465. The quantitative estimate of drug-likeness (QED) is 0.720. The summed E-state index contributed by atoms with van der Waals surface area (Å²) in [5.41, 5.74) is 1.97. The second-order valence-electron chi connectivity index (χ2n) is 4.97. The molecule has 0 aliphatic heterocycles. The topological polar surface area (TPSA) is 12.0 Å². The van der Waals surface area contributed by atoms with Gasteiger partial charge in [-0.1, -0.05) is 27.2 Å². The Labute approximate surface area is 104 Å². The Morgan fingerprint density at radius 1 is 1.31 bits per heavy atom. The number of rotatable bonds is 8. The number of aryl methyl sites for hydroxylation is 1. The van der Waals surface area contributed by atoms with Crippen LogP contribution in [0.3, 0.4) is 0 Å². The van der Waals surface area contributed by atoms with Crippen LogP contribution in [0.1, 0.15) is 45.6 Å². The van der Waals surface area contributed by atoms with E-state index in [1.165, 1.54) is 31.2 Å². The fraction of sp³-hybridized carbons (Fsp3) is 0.714. The molecule has 1 heterocycles. The highest BCUT2D eigenvalue weighted by Gasteiger charge is 2.22. The Bertz CT molecular complexity index is 268. The van der Waals surface area contributed by atoms with Crippen molar-refractivity contribution in [1.29, 1.82) is 0 Å². The first-order valence-corrected chi connectivity index (χ1v) is 7.36. The number of thiophene rings is 1. The molecule has 0 aliphatic rings. The van der Waals surface area contributed by atoms with Crippen LogP contribution in [0, 0.1) is 5.41 Å². The second kappa shape index (κ2) is 7.08. The van der Waals surface area contributed by atoms with Gasteiger partial charge in [-0.3, -0.25) is 0 Å². The molecule has 0 amide bonds. The summed E-state index contributed by atoms with van der Waals surface area (Å²) in [6.45, 7) is 9.13. The van der Waals surface area contributed by atoms with Crippen molar-refractivity contribution < 1.29 is 0 Å². The maximum absolute atomic E-state index is 3.51. The first-order chi connectivity index (χ1) is 7.70. The first kappa shape index (κ1) is 13.7. The van der Waals surface area contributed by atoms with Crippen molar-refractivity contribution in [2.45, 2.75) is 46.5 Å². The molecular formula is C14H25NS. The van der Waals surface area contributed by atoms with Gasteiger partial charge in [-0.15, -0.1) is 0 Å². The Balaban J connectivity index is 2.43.